The van der Waals surface area contributed by atoms with E-state index >= 15 is 0 Å². The molecule has 2 heterocycles. The largest absolute Gasteiger partial charge is 0.486 e. The molecule has 0 aliphatic heterocycles. The Morgan fingerprint density at radius 3 is 2.79 bits per heavy atom. The van der Waals surface area contributed by atoms with Gasteiger partial charge in [0.1, 0.15) is 18.2 Å². The molecule has 0 amide bonds. The Bertz CT molecular complexity index is 1300. The van der Waals surface area contributed by atoms with Crippen molar-refractivity contribution in [1.29, 1.82) is 0 Å². The molecule has 33 heavy (non-hydrogen) atoms. The van der Waals surface area contributed by atoms with Crippen molar-refractivity contribution in [3.8, 4) is 23.0 Å². The normalized spacial score (nSPS) is 10.8. The third-order valence-corrected chi connectivity index (χ3v) is 5.12. The second-order valence-corrected chi connectivity index (χ2v) is 7.67. The highest BCUT2D eigenvalue weighted by Crippen LogP contribution is 2.26. The first kappa shape index (κ1) is 22.3. The maximum Gasteiger partial charge on any atom is 0.439 e. The lowest BCUT2D eigenvalue weighted by Crippen LogP contribution is -2.08. The van der Waals surface area contributed by atoms with Crippen LogP contribution in [0.1, 0.15) is 17.0 Å². The lowest BCUT2D eigenvalue weighted by Gasteiger charge is -2.11. The Kier molecular flexibility index (Phi) is 6.89. The second-order valence-electron chi connectivity index (χ2n) is 7.23. The molecule has 4 rings (SSSR count). The number of methoxy groups -OCH3 is 1. The topological polar surface area (TPSA) is 115 Å². The van der Waals surface area contributed by atoms with Gasteiger partial charge in [-0.3, -0.25) is 9.51 Å². The fraction of sp³-hybridized carbons (Fsp3) is 0.217. The zero-order chi connectivity index (χ0) is 23.2. The maximum atomic E-state index is 11.0. The van der Waals surface area contributed by atoms with E-state index in [1.807, 2.05) is 49.4 Å². The Labute approximate surface area is 194 Å². The molecule has 0 saturated heterocycles. The summed E-state index contributed by atoms with van der Waals surface area (Å²) >= 11 is 6.04. The highest BCUT2D eigenvalue weighted by atomic mass is 35.5. The number of ether oxygens (including phenoxy) is 2. The molecule has 0 spiro atoms. The molecule has 0 atom stereocenters. The van der Waals surface area contributed by atoms with Gasteiger partial charge in [-0.2, -0.15) is 9.97 Å². The van der Waals surface area contributed by atoms with Crippen LogP contribution in [0.15, 0.2) is 57.8 Å². The van der Waals surface area contributed by atoms with Crippen LogP contribution in [0.2, 0.25) is 5.02 Å². The minimum Gasteiger partial charge on any atom is -0.486 e. The minimum atomic E-state index is -0.623. The van der Waals surface area contributed by atoms with Crippen LogP contribution in [-0.2, 0) is 13.0 Å². The first-order chi connectivity index (χ1) is 16.0. The Morgan fingerprint density at radius 2 is 2.03 bits per heavy atom. The van der Waals surface area contributed by atoms with Crippen LogP contribution < -0.4 is 20.5 Å². The second kappa shape index (κ2) is 10.2. The van der Waals surface area contributed by atoms with Gasteiger partial charge < -0.3 is 14.8 Å². The van der Waals surface area contributed by atoms with Gasteiger partial charge in [-0.1, -0.05) is 35.0 Å². The average Bonchev–Trinajstić information content (AvgIpc) is 3.24. The quantitative estimate of drug-likeness (QED) is 0.379. The van der Waals surface area contributed by atoms with Crippen molar-refractivity contribution < 1.29 is 14.0 Å². The molecule has 10 heteroatoms. The summed E-state index contributed by atoms with van der Waals surface area (Å²) in [4.78, 5) is 22.3. The molecule has 0 radical (unpaired) electrons. The number of aromatic nitrogens is 4. The Morgan fingerprint density at radius 1 is 1.15 bits per heavy atom. The first-order valence-electron chi connectivity index (χ1n) is 10.2. The number of aromatic amines is 1. The van der Waals surface area contributed by atoms with Crippen LogP contribution in [-0.4, -0.2) is 33.8 Å². The van der Waals surface area contributed by atoms with Gasteiger partial charge in [-0.05, 0) is 48.7 Å². The number of hydrogen-bond acceptors (Lipinski definition) is 8. The summed E-state index contributed by atoms with van der Waals surface area (Å²) in [6.07, 6.45) is 0.818. The molecule has 2 aromatic heterocycles. The van der Waals surface area contributed by atoms with E-state index in [1.165, 1.54) is 12.7 Å². The lowest BCUT2D eigenvalue weighted by molar-refractivity contribution is 0.285. The summed E-state index contributed by atoms with van der Waals surface area (Å²) in [5, 5.41) is 7.65. The molecular formula is C23H22ClN5O4. The Hall–Kier alpha value is -3.85. The molecule has 0 fully saturated rings. The van der Waals surface area contributed by atoms with Crippen LogP contribution in [0.5, 0.6) is 11.8 Å². The number of aryl methyl sites for hydroxylation is 1. The number of nitrogens with one attached hydrogen (secondary N) is 2. The van der Waals surface area contributed by atoms with E-state index in [0.717, 1.165) is 22.6 Å². The van der Waals surface area contributed by atoms with Crippen molar-refractivity contribution in [3.63, 3.8) is 0 Å². The van der Waals surface area contributed by atoms with Crippen LogP contribution in [0.3, 0.4) is 0 Å². The van der Waals surface area contributed by atoms with Gasteiger partial charge in [0.15, 0.2) is 5.82 Å². The number of anilines is 1. The van der Waals surface area contributed by atoms with Crippen molar-refractivity contribution in [2.24, 2.45) is 0 Å². The van der Waals surface area contributed by atoms with E-state index in [0.29, 0.717) is 29.6 Å². The summed E-state index contributed by atoms with van der Waals surface area (Å²) in [5.74, 6) is 0.912. The minimum absolute atomic E-state index is 0.0687. The number of benzene rings is 2. The van der Waals surface area contributed by atoms with Gasteiger partial charge in [0.2, 0.25) is 0 Å². The fourth-order valence-electron chi connectivity index (χ4n) is 3.24. The van der Waals surface area contributed by atoms with Crippen LogP contribution in [0.25, 0.3) is 11.3 Å². The maximum absolute atomic E-state index is 11.0. The predicted molar refractivity (Wildman–Crippen MR) is 124 cm³/mol. The van der Waals surface area contributed by atoms with Crippen molar-refractivity contribution in [3.05, 3.63) is 81.1 Å². The molecule has 4 aromatic rings. The molecule has 9 nitrogen and oxygen atoms in total. The molecule has 0 bridgehead atoms. The number of nitrogens with zero attached hydrogens (tertiary/aromatic N) is 3. The predicted octanol–water partition coefficient (Wildman–Crippen LogP) is 4.02. The Balaban J connectivity index is 1.47. The van der Waals surface area contributed by atoms with Gasteiger partial charge in [0.05, 0.1) is 12.8 Å². The smallest absolute Gasteiger partial charge is 0.439 e. The molecule has 0 saturated carbocycles. The van der Waals surface area contributed by atoms with Crippen molar-refractivity contribution in [2.45, 2.75) is 20.0 Å². The van der Waals surface area contributed by atoms with Crippen LogP contribution in [0.4, 0.5) is 5.82 Å². The molecular weight excluding hydrogens is 446 g/mol. The van der Waals surface area contributed by atoms with Crippen LogP contribution >= 0.6 is 11.6 Å². The first-order valence-corrected chi connectivity index (χ1v) is 10.6. The molecule has 0 aliphatic rings. The monoisotopic (exact) mass is 467 g/mol. The van der Waals surface area contributed by atoms with Crippen LogP contribution in [0, 0.1) is 6.92 Å². The summed E-state index contributed by atoms with van der Waals surface area (Å²) in [5.41, 5.74) is 3.86. The average molecular weight is 468 g/mol. The molecule has 2 N–H and O–H groups in total. The zero-order valence-electron chi connectivity index (χ0n) is 18.1. The number of halogens is 1. The standard InChI is InChI=1S/C23H22ClN5O4/c1-14-10-17(24)7-6-15(14)8-9-25-20-12-19(26-22(27-20)31-2)16-4-3-5-18(11-16)32-13-21-28-23(30)33-29-21/h3-7,10-12H,8-9,13H2,1-2H3,(H,25,26,27)(H,28,29,30). The van der Waals surface area contributed by atoms with Crippen molar-refractivity contribution in [1.82, 2.24) is 20.1 Å². The summed E-state index contributed by atoms with van der Waals surface area (Å²) in [6, 6.07) is 15.4. The highest BCUT2D eigenvalue weighted by Gasteiger charge is 2.09. The van der Waals surface area contributed by atoms with Gasteiger partial charge >= 0.3 is 11.8 Å². The van der Waals surface area contributed by atoms with E-state index in [-0.39, 0.29) is 12.6 Å². The lowest BCUT2D eigenvalue weighted by atomic mass is 10.1. The number of rotatable bonds is 9. The third kappa shape index (κ3) is 5.89. The van der Waals surface area contributed by atoms with E-state index in [9.17, 15) is 4.79 Å². The van der Waals surface area contributed by atoms with E-state index in [4.69, 9.17) is 21.1 Å². The molecule has 0 unspecified atom stereocenters. The van der Waals surface area contributed by atoms with Crippen molar-refractivity contribution in [2.75, 3.05) is 19.0 Å². The van der Waals surface area contributed by atoms with E-state index in [2.05, 4.69) is 29.9 Å². The molecule has 0 aliphatic carbocycles. The highest BCUT2D eigenvalue weighted by molar-refractivity contribution is 6.30. The van der Waals surface area contributed by atoms with Gasteiger partial charge in [-0.15, -0.1) is 0 Å². The third-order valence-electron chi connectivity index (χ3n) is 4.88. The zero-order valence-corrected chi connectivity index (χ0v) is 18.8. The summed E-state index contributed by atoms with van der Waals surface area (Å²) in [6.45, 7) is 2.79. The SMILES string of the molecule is COc1nc(NCCc2ccc(Cl)cc2C)cc(-c2cccc(OCc3noc(=O)[nH]3)c2)n1. The van der Waals surface area contributed by atoms with E-state index < -0.39 is 5.76 Å². The fourth-order valence-corrected chi connectivity index (χ4v) is 3.47. The summed E-state index contributed by atoms with van der Waals surface area (Å²) in [7, 11) is 1.53. The molecule has 2 aromatic carbocycles. The van der Waals surface area contributed by atoms with E-state index in [1.54, 1.807) is 6.07 Å². The van der Waals surface area contributed by atoms with Crippen molar-refractivity contribution >= 4 is 17.4 Å². The molecule has 170 valence electrons. The number of hydrogen-bond donors (Lipinski definition) is 2. The van der Waals surface area contributed by atoms with Gasteiger partial charge in [0, 0.05) is 23.2 Å². The van der Waals surface area contributed by atoms with Gasteiger partial charge in [-0.25, -0.2) is 4.79 Å². The number of H-pyrrole nitrogens is 1. The summed E-state index contributed by atoms with van der Waals surface area (Å²) < 4.78 is 15.5. The van der Waals surface area contributed by atoms with Gasteiger partial charge in [0.25, 0.3) is 0 Å².